The molecule has 2 aromatic heterocycles. The van der Waals surface area contributed by atoms with Gasteiger partial charge in [-0.05, 0) is 63.7 Å². The van der Waals surface area contributed by atoms with Crippen LogP contribution in [0.25, 0.3) is 5.69 Å². The number of aryl methyl sites for hydroxylation is 2. The van der Waals surface area contributed by atoms with Gasteiger partial charge < -0.3 is 0 Å². The molecule has 0 bridgehead atoms. The first kappa shape index (κ1) is 17.4. The van der Waals surface area contributed by atoms with Crippen LogP contribution in [0.4, 0.5) is 0 Å². The summed E-state index contributed by atoms with van der Waals surface area (Å²) in [5, 5.41) is 4.59. The fourth-order valence-electron chi connectivity index (χ4n) is 3.10. The standard InChI is InChI=1S/C21H26N4/c1-16-12-18(3)25(23-16)21-10-7-8-19(14-21)15-24(4)17(2)13-20-9-5-6-11-22-20/h5-12,14,17H,13,15H2,1-4H3/t17-/m0/s1. The summed E-state index contributed by atoms with van der Waals surface area (Å²) in [6, 6.07) is 17.3. The number of rotatable bonds is 6. The summed E-state index contributed by atoms with van der Waals surface area (Å²) >= 11 is 0. The first-order valence-electron chi connectivity index (χ1n) is 8.75. The number of nitrogens with zero attached hydrogens (tertiary/aromatic N) is 4. The Morgan fingerprint density at radius 1 is 1.08 bits per heavy atom. The van der Waals surface area contributed by atoms with Gasteiger partial charge in [0, 0.05) is 36.6 Å². The molecule has 0 saturated heterocycles. The number of pyridine rings is 1. The summed E-state index contributed by atoms with van der Waals surface area (Å²) < 4.78 is 2.01. The van der Waals surface area contributed by atoms with Crippen molar-refractivity contribution in [1.82, 2.24) is 19.7 Å². The van der Waals surface area contributed by atoms with E-state index in [1.165, 1.54) is 5.56 Å². The van der Waals surface area contributed by atoms with E-state index in [4.69, 9.17) is 0 Å². The summed E-state index contributed by atoms with van der Waals surface area (Å²) in [5.74, 6) is 0. The van der Waals surface area contributed by atoms with Gasteiger partial charge in [0.15, 0.2) is 0 Å². The Balaban J connectivity index is 1.70. The van der Waals surface area contributed by atoms with Crippen molar-refractivity contribution < 1.29 is 0 Å². The van der Waals surface area contributed by atoms with E-state index in [1.54, 1.807) is 0 Å². The van der Waals surface area contributed by atoms with E-state index < -0.39 is 0 Å². The van der Waals surface area contributed by atoms with E-state index in [0.717, 1.165) is 35.7 Å². The molecule has 0 N–H and O–H groups in total. The van der Waals surface area contributed by atoms with Gasteiger partial charge in [0.1, 0.15) is 0 Å². The molecule has 0 spiro atoms. The first-order chi connectivity index (χ1) is 12.0. The molecule has 1 aromatic carbocycles. The molecule has 130 valence electrons. The molecule has 25 heavy (non-hydrogen) atoms. The van der Waals surface area contributed by atoms with Crippen molar-refractivity contribution in [3.63, 3.8) is 0 Å². The molecule has 0 saturated carbocycles. The largest absolute Gasteiger partial charge is 0.299 e. The molecule has 0 aliphatic carbocycles. The quantitative estimate of drug-likeness (QED) is 0.684. The summed E-state index contributed by atoms with van der Waals surface area (Å²) in [7, 11) is 2.17. The average molecular weight is 334 g/mol. The van der Waals surface area contributed by atoms with Crippen molar-refractivity contribution in [2.45, 2.75) is 39.8 Å². The molecule has 4 nitrogen and oxygen atoms in total. The van der Waals surface area contributed by atoms with Crippen LogP contribution < -0.4 is 0 Å². The van der Waals surface area contributed by atoms with Crippen LogP contribution in [-0.2, 0) is 13.0 Å². The highest BCUT2D eigenvalue weighted by Gasteiger charge is 2.12. The molecule has 1 atom stereocenters. The minimum atomic E-state index is 0.423. The molecule has 3 aromatic rings. The number of hydrogen-bond acceptors (Lipinski definition) is 3. The zero-order valence-electron chi connectivity index (χ0n) is 15.5. The topological polar surface area (TPSA) is 34.0 Å². The van der Waals surface area contributed by atoms with Crippen molar-refractivity contribution in [2.75, 3.05) is 7.05 Å². The van der Waals surface area contributed by atoms with Crippen LogP contribution in [0, 0.1) is 13.8 Å². The van der Waals surface area contributed by atoms with Gasteiger partial charge in [0.2, 0.25) is 0 Å². The fourth-order valence-corrected chi connectivity index (χ4v) is 3.10. The van der Waals surface area contributed by atoms with E-state index in [1.807, 2.05) is 29.9 Å². The van der Waals surface area contributed by atoms with E-state index in [0.29, 0.717) is 6.04 Å². The van der Waals surface area contributed by atoms with E-state index in [9.17, 15) is 0 Å². The van der Waals surface area contributed by atoms with Crippen molar-refractivity contribution >= 4 is 0 Å². The van der Waals surface area contributed by atoms with Crippen LogP contribution in [0.5, 0.6) is 0 Å². The average Bonchev–Trinajstić information content (AvgIpc) is 2.94. The highest BCUT2D eigenvalue weighted by molar-refractivity contribution is 5.37. The second kappa shape index (κ2) is 7.62. The van der Waals surface area contributed by atoms with E-state index in [2.05, 4.69) is 72.3 Å². The lowest BCUT2D eigenvalue weighted by atomic mass is 10.1. The second-order valence-electron chi connectivity index (χ2n) is 6.80. The molecule has 0 aliphatic heterocycles. The van der Waals surface area contributed by atoms with Gasteiger partial charge in [0.25, 0.3) is 0 Å². The summed E-state index contributed by atoms with van der Waals surface area (Å²) in [5.41, 5.74) is 5.75. The summed E-state index contributed by atoms with van der Waals surface area (Å²) in [6.07, 6.45) is 2.81. The predicted octanol–water partition coefficient (Wildman–Crippen LogP) is 3.95. The predicted molar refractivity (Wildman–Crippen MR) is 102 cm³/mol. The molecule has 2 heterocycles. The van der Waals surface area contributed by atoms with Crippen LogP contribution in [-0.4, -0.2) is 32.8 Å². The third-order valence-electron chi connectivity index (χ3n) is 4.58. The highest BCUT2D eigenvalue weighted by atomic mass is 15.3. The third kappa shape index (κ3) is 4.34. The molecular weight excluding hydrogens is 308 g/mol. The van der Waals surface area contributed by atoms with Crippen molar-refractivity contribution in [3.8, 4) is 5.69 Å². The molecule has 0 amide bonds. The lowest BCUT2D eigenvalue weighted by Crippen LogP contribution is -2.30. The monoisotopic (exact) mass is 334 g/mol. The maximum atomic E-state index is 4.59. The number of aromatic nitrogens is 3. The Morgan fingerprint density at radius 2 is 1.92 bits per heavy atom. The molecule has 0 radical (unpaired) electrons. The molecule has 0 unspecified atom stereocenters. The fraction of sp³-hybridized carbons (Fsp3) is 0.333. The van der Waals surface area contributed by atoms with Crippen LogP contribution in [0.2, 0.25) is 0 Å². The molecule has 3 rings (SSSR count). The van der Waals surface area contributed by atoms with Crippen molar-refractivity contribution in [1.29, 1.82) is 0 Å². The van der Waals surface area contributed by atoms with Gasteiger partial charge in [-0.1, -0.05) is 18.2 Å². The van der Waals surface area contributed by atoms with Gasteiger partial charge in [0.05, 0.1) is 11.4 Å². The molecule has 4 heteroatoms. The maximum Gasteiger partial charge on any atom is 0.0651 e. The zero-order valence-corrected chi connectivity index (χ0v) is 15.5. The minimum absolute atomic E-state index is 0.423. The number of hydrogen-bond donors (Lipinski definition) is 0. The van der Waals surface area contributed by atoms with Gasteiger partial charge in [-0.3, -0.25) is 9.88 Å². The van der Waals surface area contributed by atoms with Crippen LogP contribution >= 0.6 is 0 Å². The Hall–Kier alpha value is -2.46. The van der Waals surface area contributed by atoms with Gasteiger partial charge in [-0.2, -0.15) is 5.10 Å². The SMILES string of the molecule is Cc1cc(C)n(-c2cccc(CN(C)[C@@H](C)Cc3ccccn3)c2)n1. The van der Waals surface area contributed by atoms with Crippen LogP contribution in [0.3, 0.4) is 0 Å². The Kier molecular flexibility index (Phi) is 5.29. The van der Waals surface area contributed by atoms with Gasteiger partial charge in [-0.25, -0.2) is 4.68 Å². The number of benzene rings is 1. The van der Waals surface area contributed by atoms with Gasteiger partial charge >= 0.3 is 0 Å². The second-order valence-corrected chi connectivity index (χ2v) is 6.80. The first-order valence-corrected chi connectivity index (χ1v) is 8.75. The minimum Gasteiger partial charge on any atom is -0.299 e. The smallest absolute Gasteiger partial charge is 0.0651 e. The molecule has 0 fully saturated rings. The number of likely N-dealkylation sites (N-methyl/N-ethyl adjacent to an activating group) is 1. The zero-order chi connectivity index (χ0) is 17.8. The highest BCUT2D eigenvalue weighted by Crippen LogP contribution is 2.16. The summed E-state index contributed by atoms with van der Waals surface area (Å²) in [4.78, 5) is 6.81. The lowest BCUT2D eigenvalue weighted by Gasteiger charge is -2.24. The summed E-state index contributed by atoms with van der Waals surface area (Å²) in [6.45, 7) is 7.27. The van der Waals surface area contributed by atoms with Crippen LogP contribution in [0.1, 0.15) is 29.6 Å². The molecular formula is C21H26N4. The van der Waals surface area contributed by atoms with E-state index >= 15 is 0 Å². The Labute approximate surface area is 150 Å². The van der Waals surface area contributed by atoms with Crippen molar-refractivity contribution in [3.05, 3.63) is 77.4 Å². The normalized spacial score (nSPS) is 12.5. The third-order valence-corrected chi connectivity index (χ3v) is 4.58. The Morgan fingerprint density at radius 3 is 2.60 bits per heavy atom. The van der Waals surface area contributed by atoms with Crippen molar-refractivity contribution in [2.24, 2.45) is 0 Å². The maximum absolute atomic E-state index is 4.59. The van der Waals surface area contributed by atoms with Gasteiger partial charge in [-0.15, -0.1) is 0 Å². The van der Waals surface area contributed by atoms with E-state index in [-0.39, 0.29) is 0 Å². The molecule has 0 aliphatic rings. The lowest BCUT2D eigenvalue weighted by molar-refractivity contribution is 0.247. The van der Waals surface area contributed by atoms with Crippen LogP contribution in [0.15, 0.2) is 54.7 Å². The Bertz CT molecular complexity index is 823.